The fourth-order valence-corrected chi connectivity index (χ4v) is 2.90. The monoisotopic (exact) mass is 381 g/mol. The Balaban J connectivity index is 2.34. The molecule has 1 unspecified atom stereocenters. The molecule has 28 heavy (non-hydrogen) atoms. The summed E-state index contributed by atoms with van der Waals surface area (Å²) in [6, 6.07) is 14.1. The predicted octanol–water partition coefficient (Wildman–Crippen LogP) is 3.89. The van der Waals surface area contributed by atoms with Crippen molar-refractivity contribution in [1.29, 1.82) is 5.26 Å². The number of ketones is 1. The molecule has 1 atom stereocenters. The summed E-state index contributed by atoms with van der Waals surface area (Å²) < 4.78 is 15.0. The number of carbonyl (C=O) groups excluding carboxylic acids is 2. The number of nitriles is 1. The van der Waals surface area contributed by atoms with Crippen molar-refractivity contribution in [3.05, 3.63) is 59.2 Å². The molecule has 6 nitrogen and oxygen atoms in total. The highest BCUT2D eigenvalue weighted by Gasteiger charge is 2.21. The average Bonchev–Trinajstić information content (AvgIpc) is 2.75. The predicted molar refractivity (Wildman–Crippen MR) is 104 cm³/mol. The van der Waals surface area contributed by atoms with Gasteiger partial charge in [0.25, 0.3) is 0 Å². The Labute approximate surface area is 164 Å². The Hall–Kier alpha value is -3.33. The number of benzene rings is 2. The lowest BCUT2D eigenvalue weighted by Gasteiger charge is -2.15. The van der Waals surface area contributed by atoms with Gasteiger partial charge in [0.15, 0.2) is 5.78 Å². The van der Waals surface area contributed by atoms with Gasteiger partial charge in [0.1, 0.15) is 11.5 Å². The Bertz CT molecular complexity index is 867. The second-order valence-electron chi connectivity index (χ2n) is 6.16. The third-order valence-corrected chi connectivity index (χ3v) is 4.49. The van der Waals surface area contributed by atoms with Gasteiger partial charge in [-0.2, -0.15) is 5.26 Å². The molecule has 0 aliphatic carbocycles. The Morgan fingerprint density at radius 1 is 1.00 bits per heavy atom. The summed E-state index contributed by atoms with van der Waals surface area (Å²) in [5.74, 6) is 0.168. The Morgan fingerprint density at radius 2 is 1.64 bits per heavy atom. The van der Waals surface area contributed by atoms with Crippen molar-refractivity contribution in [2.75, 3.05) is 21.3 Å². The van der Waals surface area contributed by atoms with E-state index in [0.717, 1.165) is 0 Å². The van der Waals surface area contributed by atoms with Crippen LogP contribution in [0, 0.1) is 11.3 Å². The first-order chi connectivity index (χ1) is 13.5. The second kappa shape index (κ2) is 10.1. The van der Waals surface area contributed by atoms with Gasteiger partial charge in [0.05, 0.1) is 33.3 Å². The van der Waals surface area contributed by atoms with Gasteiger partial charge >= 0.3 is 5.97 Å². The number of hydrogen-bond acceptors (Lipinski definition) is 6. The minimum atomic E-state index is -0.544. The molecule has 2 rings (SSSR count). The average molecular weight is 381 g/mol. The molecule has 2 aromatic rings. The number of rotatable bonds is 9. The lowest BCUT2D eigenvalue weighted by atomic mass is 9.87. The zero-order valence-corrected chi connectivity index (χ0v) is 16.2. The van der Waals surface area contributed by atoms with E-state index in [0.29, 0.717) is 41.0 Å². The van der Waals surface area contributed by atoms with Crippen molar-refractivity contribution in [3.8, 4) is 17.6 Å². The second-order valence-corrected chi connectivity index (χ2v) is 6.16. The van der Waals surface area contributed by atoms with Crippen LogP contribution in [0.5, 0.6) is 11.5 Å². The van der Waals surface area contributed by atoms with Crippen LogP contribution in [-0.4, -0.2) is 33.1 Å². The van der Waals surface area contributed by atoms with Gasteiger partial charge in [-0.05, 0) is 60.9 Å². The maximum Gasteiger partial charge on any atom is 0.305 e. The number of ether oxygens (including phenoxy) is 3. The molecule has 0 radical (unpaired) electrons. The van der Waals surface area contributed by atoms with Crippen LogP contribution in [0.15, 0.2) is 42.5 Å². The van der Waals surface area contributed by atoms with Crippen LogP contribution < -0.4 is 9.47 Å². The lowest BCUT2D eigenvalue weighted by Crippen LogP contribution is -2.10. The van der Waals surface area contributed by atoms with Gasteiger partial charge in [0.2, 0.25) is 0 Å². The molecule has 0 N–H and O–H groups in total. The highest BCUT2D eigenvalue weighted by Crippen LogP contribution is 2.30. The van der Waals surface area contributed by atoms with Crippen LogP contribution in [0.3, 0.4) is 0 Å². The van der Waals surface area contributed by atoms with E-state index in [-0.39, 0.29) is 18.2 Å². The van der Waals surface area contributed by atoms with Gasteiger partial charge in [-0.3, -0.25) is 9.59 Å². The van der Waals surface area contributed by atoms with E-state index in [2.05, 4.69) is 10.8 Å². The molecule has 0 fully saturated rings. The molecule has 0 saturated carbocycles. The van der Waals surface area contributed by atoms with Crippen LogP contribution in [0.1, 0.15) is 46.7 Å². The van der Waals surface area contributed by atoms with E-state index >= 15 is 0 Å². The third-order valence-electron chi connectivity index (χ3n) is 4.49. The molecule has 6 heteroatoms. The van der Waals surface area contributed by atoms with E-state index in [1.165, 1.54) is 14.2 Å². The zero-order chi connectivity index (χ0) is 20.5. The van der Waals surface area contributed by atoms with Gasteiger partial charge in [-0.25, -0.2) is 0 Å². The Kier molecular flexibility index (Phi) is 7.58. The quantitative estimate of drug-likeness (QED) is 0.484. The molecule has 0 amide bonds. The smallest absolute Gasteiger partial charge is 0.305 e. The van der Waals surface area contributed by atoms with Crippen LogP contribution in [0.25, 0.3) is 0 Å². The van der Waals surface area contributed by atoms with Gasteiger partial charge in [-0.1, -0.05) is 0 Å². The minimum absolute atomic E-state index is 0.187. The number of hydrogen-bond donors (Lipinski definition) is 0. The maximum absolute atomic E-state index is 13.0. The van der Waals surface area contributed by atoms with Crippen molar-refractivity contribution in [1.82, 2.24) is 0 Å². The number of nitrogens with zero attached hydrogens (tertiary/aromatic N) is 1. The maximum atomic E-state index is 13.0. The fraction of sp³-hybridized carbons (Fsp3) is 0.318. The molecule has 0 saturated heterocycles. The van der Waals surface area contributed by atoms with Crippen LogP contribution in [0.4, 0.5) is 0 Å². The summed E-state index contributed by atoms with van der Waals surface area (Å²) in [7, 11) is 4.42. The summed E-state index contributed by atoms with van der Waals surface area (Å²) in [5.41, 5.74) is 1.53. The largest absolute Gasteiger partial charge is 0.497 e. The lowest BCUT2D eigenvalue weighted by molar-refractivity contribution is -0.140. The molecule has 0 heterocycles. The van der Waals surface area contributed by atoms with Crippen molar-refractivity contribution < 1.29 is 23.8 Å². The molecule has 0 aliphatic rings. The standard InChI is InChI=1S/C22H23NO5/c1-26-17-9-7-15(8-10-17)22(25)19-12-11-18(27-2)13-20(19)16(14-23)5-4-6-21(24)28-3/h7-13,16H,4-6H2,1-3H3. The summed E-state index contributed by atoms with van der Waals surface area (Å²) in [4.78, 5) is 24.4. The first-order valence-corrected chi connectivity index (χ1v) is 8.87. The van der Waals surface area contributed by atoms with Gasteiger partial charge in [-0.15, -0.1) is 0 Å². The summed E-state index contributed by atoms with van der Waals surface area (Å²) in [6.07, 6.45) is 1.14. The van der Waals surface area contributed by atoms with Crippen molar-refractivity contribution in [3.63, 3.8) is 0 Å². The zero-order valence-electron chi connectivity index (χ0n) is 16.2. The number of carbonyl (C=O) groups is 2. The minimum Gasteiger partial charge on any atom is -0.497 e. The summed E-state index contributed by atoms with van der Waals surface area (Å²) in [6.45, 7) is 0. The van der Waals surface area contributed by atoms with Gasteiger partial charge in [0, 0.05) is 17.5 Å². The molecule has 0 bridgehead atoms. The highest BCUT2D eigenvalue weighted by atomic mass is 16.5. The normalized spacial score (nSPS) is 11.2. The van der Waals surface area contributed by atoms with E-state index in [9.17, 15) is 14.9 Å². The highest BCUT2D eigenvalue weighted by molar-refractivity contribution is 6.10. The van der Waals surface area contributed by atoms with Crippen LogP contribution in [0.2, 0.25) is 0 Å². The van der Waals surface area contributed by atoms with E-state index in [1.807, 2.05) is 0 Å². The van der Waals surface area contributed by atoms with Crippen molar-refractivity contribution in [2.24, 2.45) is 0 Å². The van der Waals surface area contributed by atoms with E-state index in [4.69, 9.17) is 9.47 Å². The molecule has 0 aromatic heterocycles. The molecule has 0 aliphatic heterocycles. The third kappa shape index (κ3) is 5.10. The van der Waals surface area contributed by atoms with Gasteiger partial charge < -0.3 is 14.2 Å². The molecule has 2 aromatic carbocycles. The fourth-order valence-electron chi connectivity index (χ4n) is 2.90. The van der Waals surface area contributed by atoms with E-state index in [1.54, 1.807) is 49.6 Å². The van der Waals surface area contributed by atoms with Crippen molar-refractivity contribution in [2.45, 2.75) is 25.2 Å². The molecule has 146 valence electrons. The van der Waals surface area contributed by atoms with E-state index < -0.39 is 5.92 Å². The molecular formula is C22H23NO5. The first kappa shape index (κ1) is 21.0. The molecular weight excluding hydrogens is 358 g/mol. The number of esters is 1. The topological polar surface area (TPSA) is 85.6 Å². The molecule has 0 spiro atoms. The SMILES string of the molecule is COC(=O)CCCC(C#N)c1cc(OC)ccc1C(=O)c1ccc(OC)cc1. The van der Waals surface area contributed by atoms with Crippen LogP contribution in [-0.2, 0) is 9.53 Å². The first-order valence-electron chi connectivity index (χ1n) is 8.87. The number of methoxy groups -OCH3 is 3. The van der Waals surface area contributed by atoms with Crippen molar-refractivity contribution >= 4 is 11.8 Å². The van der Waals surface area contributed by atoms with Crippen LogP contribution >= 0.6 is 0 Å². The summed E-state index contributed by atoms with van der Waals surface area (Å²) in [5, 5.41) is 9.68. The Morgan fingerprint density at radius 3 is 2.21 bits per heavy atom. The summed E-state index contributed by atoms with van der Waals surface area (Å²) >= 11 is 0.